The number of amides is 1. The normalized spacial score (nSPS) is 34.8. The fourth-order valence-electron chi connectivity index (χ4n) is 4.34. The van der Waals surface area contributed by atoms with E-state index in [2.05, 4.69) is 29.6 Å². The van der Waals surface area contributed by atoms with E-state index in [1.54, 1.807) is 0 Å². The summed E-state index contributed by atoms with van der Waals surface area (Å²) in [5, 5.41) is 3.35. The summed E-state index contributed by atoms with van der Waals surface area (Å²) in [6.45, 7) is 0. The molecule has 2 fully saturated rings. The smallest absolute Gasteiger partial charge is 0.223 e. The van der Waals surface area contributed by atoms with Crippen LogP contribution in [0.2, 0.25) is 0 Å². The Morgan fingerprint density at radius 3 is 2.85 bits per heavy atom. The summed E-state index contributed by atoms with van der Waals surface area (Å²) in [6, 6.07) is 8.76. The first kappa shape index (κ1) is 12.8. The van der Waals surface area contributed by atoms with Gasteiger partial charge in [-0.1, -0.05) is 24.6 Å². The zero-order valence-corrected chi connectivity index (χ0v) is 12.5. The van der Waals surface area contributed by atoms with Crippen LogP contribution in [0.15, 0.2) is 29.2 Å². The van der Waals surface area contributed by atoms with Crippen molar-refractivity contribution in [3.05, 3.63) is 29.8 Å². The zero-order chi connectivity index (χ0) is 13.5. The van der Waals surface area contributed by atoms with Gasteiger partial charge in [0.2, 0.25) is 5.91 Å². The van der Waals surface area contributed by atoms with E-state index in [0.29, 0.717) is 17.7 Å². The van der Waals surface area contributed by atoms with Crippen LogP contribution in [-0.4, -0.2) is 11.7 Å². The van der Waals surface area contributed by atoms with E-state index in [-0.39, 0.29) is 6.04 Å². The summed E-state index contributed by atoms with van der Waals surface area (Å²) in [5.41, 5.74) is 1.32. The van der Waals surface area contributed by atoms with Crippen molar-refractivity contribution in [1.82, 2.24) is 5.32 Å². The number of nitrogens with one attached hydrogen (secondary N) is 1. The molecular formula is C17H21NOS. The number of thioether (sulfide) groups is 1. The minimum atomic E-state index is 0.235. The molecule has 3 aliphatic rings. The van der Waals surface area contributed by atoms with Gasteiger partial charge < -0.3 is 5.32 Å². The van der Waals surface area contributed by atoms with E-state index >= 15 is 0 Å². The summed E-state index contributed by atoms with van der Waals surface area (Å²) in [5.74, 6) is 3.25. The van der Waals surface area contributed by atoms with Gasteiger partial charge >= 0.3 is 0 Å². The molecule has 0 radical (unpaired) electrons. The number of carbonyl (C=O) groups excluding carboxylic acids is 1. The highest BCUT2D eigenvalue weighted by Crippen LogP contribution is 2.48. The second-order valence-corrected chi connectivity index (χ2v) is 7.65. The number of fused-ring (bicyclic) bond motifs is 3. The lowest BCUT2D eigenvalue weighted by molar-refractivity contribution is -0.127. The van der Waals surface area contributed by atoms with Crippen LogP contribution in [0.25, 0.3) is 0 Å². The molecule has 4 atom stereocenters. The number of hydrogen-bond acceptors (Lipinski definition) is 2. The molecule has 1 amide bonds. The fraction of sp³-hybridized carbons (Fsp3) is 0.588. The topological polar surface area (TPSA) is 29.1 Å². The lowest BCUT2D eigenvalue weighted by atomic mass is 9.87. The number of rotatable bonds is 2. The zero-order valence-electron chi connectivity index (χ0n) is 11.7. The molecule has 4 unspecified atom stereocenters. The van der Waals surface area contributed by atoms with Crippen molar-refractivity contribution in [1.29, 1.82) is 0 Å². The van der Waals surface area contributed by atoms with E-state index in [9.17, 15) is 4.79 Å². The van der Waals surface area contributed by atoms with Crippen molar-refractivity contribution in [3.63, 3.8) is 0 Å². The Kier molecular flexibility index (Phi) is 3.25. The monoisotopic (exact) mass is 287 g/mol. The second-order valence-electron chi connectivity index (χ2n) is 6.52. The third-order valence-electron chi connectivity index (χ3n) is 5.35. The maximum atomic E-state index is 12.6. The lowest BCUT2D eigenvalue weighted by Gasteiger charge is -2.29. The van der Waals surface area contributed by atoms with Gasteiger partial charge in [0.25, 0.3) is 0 Å². The molecule has 106 valence electrons. The molecule has 0 spiro atoms. The van der Waals surface area contributed by atoms with Gasteiger partial charge in [-0.25, -0.2) is 0 Å². The Labute approximate surface area is 124 Å². The largest absolute Gasteiger partial charge is 0.349 e. The Morgan fingerprint density at radius 1 is 1.15 bits per heavy atom. The molecule has 1 heterocycles. The molecule has 2 bridgehead atoms. The standard InChI is InChI=1S/C17H21NOS/c19-17(14-10-11-5-6-12(14)9-11)18-15-7-8-20-16-4-2-1-3-13(15)16/h1-4,11-12,14-15H,5-10H2,(H,18,19). The first-order chi connectivity index (χ1) is 9.81. The number of benzene rings is 1. The van der Waals surface area contributed by atoms with Crippen molar-refractivity contribution >= 4 is 17.7 Å². The molecule has 1 N–H and O–H groups in total. The fourth-order valence-corrected chi connectivity index (χ4v) is 5.46. The summed E-state index contributed by atoms with van der Waals surface area (Å²) in [4.78, 5) is 13.9. The number of carbonyl (C=O) groups is 1. The van der Waals surface area contributed by atoms with E-state index < -0.39 is 0 Å². The maximum Gasteiger partial charge on any atom is 0.223 e. The molecule has 3 heteroatoms. The average molecular weight is 287 g/mol. The van der Waals surface area contributed by atoms with Gasteiger partial charge in [0.05, 0.1) is 6.04 Å². The molecule has 0 saturated heterocycles. The summed E-state index contributed by atoms with van der Waals surface area (Å²) < 4.78 is 0. The highest BCUT2D eigenvalue weighted by molar-refractivity contribution is 7.99. The van der Waals surface area contributed by atoms with Crippen LogP contribution in [0, 0.1) is 17.8 Å². The third kappa shape index (κ3) is 2.16. The van der Waals surface area contributed by atoms with Gasteiger partial charge in [0.1, 0.15) is 0 Å². The Balaban J connectivity index is 1.48. The van der Waals surface area contributed by atoms with E-state index in [4.69, 9.17) is 0 Å². The van der Waals surface area contributed by atoms with E-state index in [1.165, 1.54) is 29.7 Å². The lowest BCUT2D eigenvalue weighted by Crippen LogP contribution is -2.37. The molecular weight excluding hydrogens is 266 g/mol. The Bertz CT molecular complexity index is 529. The van der Waals surface area contributed by atoms with Gasteiger partial charge in [-0.2, -0.15) is 0 Å². The Hall–Kier alpha value is -0.960. The van der Waals surface area contributed by atoms with E-state index in [1.807, 2.05) is 11.8 Å². The third-order valence-corrected chi connectivity index (χ3v) is 6.47. The predicted octanol–water partition coefficient (Wildman–Crippen LogP) is 3.78. The van der Waals surface area contributed by atoms with Crippen LogP contribution in [-0.2, 0) is 4.79 Å². The van der Waals surface area contributed by atoms with Crippen LogP contribution < -0.4 is 5.32 Å². The van der Waals surface area contributed by atoms with Crippen LogP contribution in [0.3, 0.4) is 0 Å². The van der Waals surface area contributed by atoms with Gasteiger partial charge in [-0.15, -0.1) is 11.8 Å². The van der Waals surface area contributed by atoms with Gasteiger partial charge in [0.15, 0.2) is 0 Å². The second kappa shape index (κ2) is 5.10. The molecule has 2 nitrogen and oxygen atoms in total. The molecule has 1 aliphatic heterocycles. The molecule has 1 aromatic rings. The van der Waals surface area contributed by atoms with Crippen LogP contribution in [0.1, 0.15) is 43.7 Å². The first-order valence-corrected chi connectivity index (χ1v) is 8.82. The minimum Gasteiger partial charge on any atom is -0.349 e. The van der Waals surface area contributed by atoms with Gasteiger partial charge in [0, 0.05) is 16.6 Å². The SMILES string of the molecule is O=C(NC1CCSc2ccccc21)C1CC2CCC1C2. The van der Waals surface area contributed by atoms with E-state index in [0.717, 1.165) is 24.5 Å². The summed E-state index contributed by atoms with van der Waals surface area (Å²) in [7, 11) is 0. The van der Waals surface area contributed by atoms with Crippen molar-refractivity contribution < 1.29 is 4.79 Å². The average Bonchev–Trinajstić information content (AvgIpc) is 3.10. The molecule has 2 saturated carbocycles. The van der Waals surface area contributed by atoms with Crippen LogP contribution >= 0.6 is 11.8 Å². The maximum absolute atomic E-state index is 12.6. The van der Waals surface area contributed by atoms with Crippen molar-refractivity contribution in [2.45, 2.75) is 43.0 Å². The Morgan fingerprint density at radius 2 is 2.05 bits per heavy atom. The molecule has 0 aromatic heterocycles. The van der Waals surface area contributed by atoms with Crippen molar-refractivity contribution in [2.75, 3.05) is 5.75 Å². The minimum absolute atomic E-state index is 0.235. The van der Waals surface area contributed by atoms with Gasteiger partial charge in [-0.05, 0) is 49.1 Å². The first-order valence-electron chi connectivity index (χ1n) is 7.83. The number of hydrogen-bond donors (Lipinski definition) is 1. The summed E-state index contributed by atoms with van der Waals surface area (Å²) >= 11 is 1.91. The highest BCUT2D eigenvalue weighted by Gasteiger charge is 2.43. The van der Waals surface area contributed by atoms with Crippen molar-refractivity contribution in [3.8, 4) is 0 Å². The van der Waals surface area contributed by atoms with Crippen molar-refractivity contribution in [2.24, 2.45) is 17.8 Å². The predicted molar refractivity (Wildman–Crippen MR) is 81.6 cm³/mol. The molecule has 1 aromatic carbocycles. The molecule has 20 heavy (non-hydrogen) atoms. The molecule has 2 aliphatic carbocycles. The van der Waals surface area contributed by atoms with Crippen LogP contribution in [0.4, 0.5) is 0 Å². The highest BCUT2D eigenvalue weighted by atomic mass is 32.2. The molecule has 4 rings (SSSR count). The quantitative estimate of drug-likeness (QED) is 0.897. The summed E-state index contributed by atoms with van der Waals surface area (Å²) in [6.07, 6.45) is 6.14. The van der Waals surface area contributed by atoms with Crippen LogP contribution in [0.5, 0.6) is 0 Å². The van der Waals surface area contributed by atoms with Gasteiger partial charge in [-0.3, -0.25) is 4.79 Å².